The molecule has 1 fully saturated rings. The van der Waals surface area contributed by atoms with Gasteiger partial charge in [-0.15, -0.1) is 0 Å². The number of aliphatic hydroxyl groups excluding tert-OH is 1. The lowest BCUT2D eigenvalue weighted by Crippen LogP contribution is -2.36. The van der Waals surface area contributed by atoms with Gasteiger partial charge in [-0.1, -0.05) is 0 Å². The summed E-state index contributed by atoms with van der Waals surface area (Å²) in [5, 5.41) is 8.89. The molecule has 1 aliphatic heterocycles. The fraction of sp³-hybridized carbons (Fsp3) is 0.917. The Morgan fingerprint density at radius 3 is 3.00 bits per heavy atom. The number of hydrogen-bond donors (Lipinski definition) is 1. The maximum atomic E-state index is 10.8. The second kappa shape index (κ2) is 6.96. The largest absolute Gasteiger partial charge is 0.396 e. The van der Waals surface area contributed by atoms with Crippen molar-refractivity contribution in [3.05, 3.63) is 0 Å². The number of ketones is 1. The minimum absolute atomic E-state index is 0.291. The second-order valence-corrected chi connectivity index (χ2v) is 4.63. The summed E-state index contributed by atoms with van der Waals surface area (Å²) in [5.41, 5.74) is 0. The third kappa shape index (κ3) is 5.28. The van der Waals surface area contributed by atoms with Crippen LogP contribution in [0.15, 0.2) is 0 Å². The molecule has 0 spiro atoms. The lowest BCUT2D eigenvalue weighted by atomic mass is 9.95. The Hall–Kier alpha value is -0.410. The first kappa shape index (κ1) is 12.7. The summed E-state index contributed by atoms with van der Waals surface area (Å²) in [4.78, 5) is 13.2. The predicted molar refractivity (Wildman–Crippen MR) is 60.8 cm³/mol. The van der Waals surface area contributed by atoms with E-state index in [9.17, 15) is 4.79 Å². The van der Waals surface area contributed by atoms with Gasteiger partial charge in [0.2, 0.25) is 0 Å². The minimum Gasteiger partial charge on any atom is -0.396 e. The van der Waals surface area contributed by atoms with Crippen LogP contribution < -0.4 is 0 Å². The highest BCUT2D eigenvalue weighted by Gasteiger charge is 2.18. The zero-order valence-electron chi connectivity index (χ0n) is 9.74. The van der Waals surface area contributed by atoms with Crippen molar-refractivity contribution < 1.29 is 9.90 Å². The number of aliphatic hydroxyl groups is 1. The smallest absolute Gasteiger partial charge is 0.129 e. The molecule has 1 heterocycles. The van der Waals surface area contributed by atoms with Crippen molar-refractivity contribution in [2.75, 3.05) is 26.2 Å². The van der Waals surface area contributed by atoms with Crippen molar-refractivity contribution in [2.45, 2.75) is 39.0 Å². The molecule has 1 saturated heterocycles. The van der Waals surface area contributed by atoms with Crippen LogP contribution in [0.4, 0.5) is 0 Å². The van der Waals surface area contributed by atoms with E-state index in [4.69, 9.17) is 5.11 Å². The number of carbonyl (C=O) groups is 1. The molecule has 1 atom stereocenters. The summed E-state index contributed by atoms with van der Waals surface area (Å²) in [7, 11) is 0. The molecule has 1 unspecified atom stereocenters. The van der Waals surface area contributed by atoms with Crippen LogP contribution in [-0.4, -0.2) is 42.0 Å². The van der Waals surface area contributed by atoms with E-state index in [1.807, 2.05) is 0 Å². The Bertz CT molecular complexity index is 192. The van der Waals surface area contributed by atoms with Crippen LogP contribution in [-0.2, 0) is 4.79 Å². The molecular formula is C12H23NO2. The maximum absolute atomic E-state index is 10.8. The van der Waals surface area contributed by atoms with E-state index in [1.165, 1.54) is 19.4 Å². The van der Waals surface area contributed by atoms with Crippen molar-refractivity contribution in [2.24, 2.45) is 5.92 Å². The highest BCUT2D eigenvalue weighted by atomic mass is 16.3. The van der Waals surface area contributed by atoms with Crippen molar-refractivity contribution >= 4 is 5.78 Å². The van der Waals surface area contributed by atoms with Crippen LogP contribution in [0.25, 0.3) is 0 Å². The summed E-state index contributed by atoms with van der Waals surface area (Å²) in [6.07, 6.45) is 5.13. The number of carbonyl (C=O) groups excluding carboxylic acids is 1. The molecule has 1 aliphatic rings. The van der Waals surface area contributed by atoms with E-state index < -0.39 is 0 Å². The molecule has 15 heavy (non-hydrogen) atoms. The SMILES string of the molecule is CC(=O)CCCN1CCCC(CCO)C1. The average Bonchev–Trinajstić information content (AvgIpc) is 2.18. The Morgan fingerprint density at radius 2 is 2.33 bits per heavy atom. The molecular weight excluding hydrogens is 190 g/mol. The van der Waals surface area contributed by atoms with E-state index >= 15 is 0 Å². The van der Waals surface area contributed by atoms with Crippen molar-refractivity contribution in [1.29, 1.82) is 0 Å². The van der Waals surface area contributed by atoms with Crippen LogP contribution in [0.3, 0.4) is 0 Å². The number of hydrogen-bond acceptors (Lipinski definition) is 3. The van der Waals surface area contributed by atoms with E-state index in [2.05, 4.69) is 4.90 Å². The number of Topliss-reactive ketones (excluding diaryl/α,β-unsaturated/α-hetero) is 1. The highest BCUT2D eigenvalue weighted by molar-refractivity contribution is 5.75. The fourth-order valence-electron chi connectivity index (χ4n) is 2.32. The van der Waals surface area contributed by atoms with E-state index in [1.54, 1.807) is 6.92 Å². The van der Waals surface area contributed by atoms with Gasteiger partial charge in [0.05, 0.1) is 0 Å². The average molecular weight is 213 g/mol. The first-order valence-corrected chi connectivity index (χ1v) is 6.05. The van der Waals surface area contributed by atoms with Gasteiger partial charge in [-0.3, -0.25) is 0 Å². The van der Waals surface area contributed by atoms with E-state index in [-0.39, 0.29) is 0 Å². The quantitative estimate of drug-likeness (QED) is 0.726. The van der Waals surface area contributed by atoms with Crippen molar-refractivity contribution in [1.82, 2.24) is 4.90 Å². The minimum atomic E-state index is 0.291. The molecule has 1 rings (SSSR count). The third-order valence-corrected chi connectivity index (χ3v) is 3.14. The van der Waals surface area contributed by atoms with Crippen LogP contribution in [0, 0.1) is 5.92 Å². The number of rotatable bonds is 6. The molecule has 0 saturated carbocycles. The summed E-state index contributed by atoms with van der Waals surface area (Å²) >= 11 is 0. The predicted octanol–water partition coefficient (Wildman–Crippen LogP) is 1.45. The zero-order chi connectivity index (χ0) is 11.1. The molecule has 3 nitrogen and oxygen atoms in total. The summed E-state index contributed by atoms with van der Waals surface area (Å²) in [5.74, 6) is 0.958. The van der Waals surface area contributed by atoms with Gasteiger partial charge in [0, 0.05) is 19.6 Å². The number of piperidine rings is 1. The summed E-state index contributed by atoms with van der Waals surface area (Å²) < 4.78 is 0. The molecule has 0 aromatic carbocycles. The van der Waals surface area contributed by atoms with Crippen LogP contribution in [0.1, 0.15) is 39.0 Å². The van der Waals surface area contributed by atoms with Gasteiger partial charge in [0.25, 0.3) is 0 Å². The van der Waals surface area contributed by atoms with E-state index in [0.717, 1.165) is 25.9 Å². The molecule has 0 aromatic rings. The third-order valence-electron chi connectivity index (χ3n) is 3.14. The topological polar surface area (TPSA) is 40.5 Å². The lowest BCUT2D eigenvalue weighted by Gasteiger charge is -2.32. The van der Waals surface area contributed by atoms with Crippen LogP contribution in [0.5, 0.6) is 0 Å². The number of likely N-dealkylation sites (tertiary alicyclic amines) is 1. The Balaban J connectivity index is 2.15. The van der Waals surface area contributed by atoms with Gasteiger partial charge in [-0.05, 0) is 51.6 Å². The molecule has 88 valence electrons. The van der Waals surface area contributed by atoms with Gasteiger partial charge in [0.1, 0.15) is 5.78 Å². The summed E-state index contributed by atoms with van der Waals surface area (Å²) in [6.45, 7) is 5.29. The van der Waals surface area contributed by atoms with Gasteiger partial charge in [-0.2, -0.15) is 0 Å². The first-order chi connectivity index (χ1) is 7.22. The highest BCUT2D eigenvalue weighted by Crippen LogP contribution is 2.19. The van der Waals surface area contributed by atoms with E-state index in [0.29, 0.717) is 24.7 Å². The normalized spacial score (nSPS) is 22.9. The molecule has 3 heteroatoms. The number of nitrogens with zero attached hydrogens (tertiary/aromatic N) is 1. The Morgan fingerprint density at radius 1 is 1.53 bits per heavy atom. The van der Waals surface area contributed by atoms with Crippen LogP contribution in [0.2, 0.25) is 0 Å². The first-order valence-electron chi connectivity index (χ1n) is 6.05. The van der Waals surface area contributed by atoms with Gasteiger partial charge >= 0.3 is 0 Å². The molecule has 0 radical (unpaired) electrons. The zero-order valence-corrected chi connectivity index (χ0v) is 9.74. The van der Waals surface area contributed by atoms with Gasteiger partial charge in [0.15, 0.2) is 0 Å². The van der Waals surface area contributed by atoms with Gasteiger partial charge < -0.3 is 14.8 Å². The van der Waals surface area contributed by atoms with Crippen molar-refractivity contribution in [3.8, 4) is 0 Å². The Labute approximate surface area is 92.5 Å². The van der Waals surface area contributed by atoms with Crippen molar-refractivity contribution in [3.63, 3.8) is 0 Å². The fourth-order valence-corrected chi connectivity index (χ4v) is 2.32. The monoisotopic (exact) mass is 213 g/mol. The molecule has 0 aromatic heterocycles. The maximum Gasteiger partial charge on any atom is 0.129 e. The molecule has 1 N–H and O–H groups in total. The standard InChI is InChI=1S/C12H23NO2/c1-11(15)4-2-7-13-8-3-5-12(10-13)6-9-14/h12,14H,2-10H2,1H3. The molecule has 0 bridgehead atoms. The molecule has 0 aliphatic carbocycles. The Kier molecular flexibility index (Phi) is 5.88. The van der Waals surface area contributed by atoms with Crippen LogP contribution >= 0.6 is 0 Å². The molecule has 0 amide bonds. The second-order valence-electron chi connectivity index (χ2n) is 4.63. The van der Waals surface area contributed by atoms with Gasteiger partial charge in [-0.25, -0.2) is 0 Å². The summed E-state index contributed by atoms with van der Waals surface area (Å²) in [6, 6.07) is 0. The lowest BCUT2D eigenvalue weighted by molar-refractivity contribution is -0.117.